The van der Waals surface area contributed by atoms with Crippen LogP contribution in [0, 0.1) is 6.92 Å². The van der Waals surface area contributed by atoms with Crippen LogP contribution in [-0.2, 0) is 24.3 Å². The van der Waals surface area contributed by atoms with Crippen molar-refractivity contribution in [3.63, 3.8) is 0 Å². The topological polar surface area (TPSA) is 110 Å². The molecule has 29 heavy (non-hydrogen) atoms. The fourth-order valence-corrected chi connectivity index (χ4v) is 3.86. The second kappa shape index (κ2) is 8.44. The molecule has 0 bridgehead atoms. The zero-order valence-corrected chi connectivity index (χ0v) is 16.6. The van der Waals surface area contributed by atoms with Crippen LogP contribution in [-0.4, -0.2) is 44.3 Å². The standard InChI is InChI=1S/C20H20N2O6S/c1-14-4-8-16(9-5-14)21-29(26,27)17-10-6-15(7-11-17)20(25)28-13-19(24)22-12-2-3-18(22)23/h4-11,21H,2-3,12-13H2,1H3. The van der Waals surface area contributed by atoms with E-state index in [-0.39, 0.29) is 16.4 Å². The molecule has 2 aromatic carbocycles. The summed E-state index contributed by atoms with van der Waals surface area (Å²) in [5.41, 5.74) is 1.53. The molecular weight excluding hydrogens is 396 g/mol. The summed E-state index contributed by atoms with van der Waals surface area (Å²) in [4.78, 5) is 36.6. The van der Waals surface area contributed by atoms with Gasteiger partial charge in [0.2, 0.25) is 5.91 Å². The lowest BCUT2D eigenvalue weighted by molar-refractivity contribution is -0.143. The number of anilines is 1. The normalized spacial score (nSPS) is 14.0. The fraction of sp³-hybridized carbons (Fsp3) is 0.250. The van der Waals surface area contributed by atoms with Gasteiger partial charge in [-0.1, -0.05) is 17.7 Å². The molecule has 0 atom stereocenters. The molecule has 1 aliphatic rings. The van der Waals surface area contributed by atoms with Crippen LogP contribution in [0.3, 0.4) is 0 Å². The zero-order valence-electron chi connectivity index (χ0n) is 15.8. The lowest BCUT2D eigenvalue weighted by Crippen LogP contribution is -2.35. The predicted molar refractivity (Wildman–Crippen MR) is 105 cm³/mol. The monoisotopic (exact) mass is 416 g/mol. The third kappa shape index (κ3) is 5.00. The summed E-state index contributed by atoms with van der Waals surface area (Å²) < 4.78 is 32.3. The lowest BCUT2D eigenvalue weighted by Gasteiger charge is -2.13. The molecule has 3 rings (SSSR count). The molecule has 0 aliphatic carbocycles. The van der Waals surface area contributed by atoms with Gasteiger partial charge in [0.1, 0.15) is 0 Å². The van der Waals surface area contributed by atoms with Crippen molar-refractivity contribution < 1.29 is 27.5 Å². The van der Waals surface area contributed by atoms with E-state index in [1.165, 1.54) is 24.3 Å². The van der Waals surface area contributed by atoms with Gasteiger partial charge in [0.25, 0.3) is 15.9 Å². The minimum Gasteiger partial charge on any atom is -0.452 e. The van der Waals surface area contributed by atoms with Crippen LogP contribution in [0.15, 0.2) is 53.4 Å². The third-order valence-electron chi connectivity index (χ3n) is 4.41. The molecule has 1 N–H and O–H groups in total. The Hall–Kier alpha value is -3.20. The number of rotatable bonds is 6. The van der Waals surface area contributed by atoms with Crippen molar-refractivity contribution in [3.05, 3.63) is 59.7 Å². The van der Waals surface area contributed by atoms with Crippen molar-refractivity contribution in [2.75, 3.05) is 17.9 Å². The van der Waals surface area contributed by atoms with Crippen molar-refractivity contribution in [3.8, 4) is 0 Å². The lowest BCUT2D eigenvalue weighted by atomic mass is 10.2. The molecule has 2 amide bonds. The van der Waals surface area contributed by atoms with E-state index < -0.39 is 28.5 Å². The maximum absolute atomic E-state index is 12.5. The van der Waals surface area contributed by atoms with Gasteiger partial charge in [-0.15, -0.1) is 0 Å². The van der Waals surface area contributed by atoms with Gasteiger partial charge in [0.05, 0.1) is 10.5 Å². The van der Waals surface area contributed by atoms with Crippen molar-refractivity contribution in [1.29, 1.82) is 0 Å². The molecule has 0 unspecified atom stereocenters. The summed E-state index contributed by atoms with van der Waals surface area (Å²) in [5, 5.41) is 0. The molecule has 9 heteroatoms. The first-order valence-corrected chi connectivity index (χ1v) is 10.4. The van der Waals surface area contributed by atoms with E-state index in [2.05, 4.69) is 4.72 Å². The highest BCUT2D eigenvalue weighted by atomic mass is 32.2. The van der Waals surface area contributed by atoms with Crippen molar-refractivity contribution in [2.45, 2.75) is 24.7 Å². The van der Waals surface area contributed by atoms with Gasteiger partial charge in [0.15, 0.2) is 6.61 Å². The number of nitrogens with one attached hydrogen (secondary N) is 1. The number of aryl methyl sites for hydroxylation is 1. The summed E-state index contributed by atoms with van der Waals surface area (Å²) >= 11 is 0. The number of nitrogens with zero attached hydrogens (tertiary/aromatic N) is 1. The number of benzene rings is 2. The van der Waals surface area contributed by atoms with Crippen LogP contribution in [0.5, 0.6) is 0 Å². The Bertz CT molecular complexity index is 1030. The molecule has 1 saturated heterocycles. The van der Waals surface area contributed by atoms with Crippen LogP contribution in [0.1, 0.15) is 28.8 Å². The molecule has 0 saturated carbocycles. The number of likely N-dealkylation sites (tertiary alicyclic amines) is 1. The second-order valence-electron chi connectivity index (χ2n) is 6.61. The van der Waals surface area contributed by atoms with Crippen molar-refractivity contribution in [2.24, 2.45) is 0 Å². The first-order valence-electron chi connectivity index (χ1n) is 8.96. The van der Waals surface area contributed by atoms with Gasteiger partial charge in [0, 0.05) is 18.7 Å². The average Bonchev–Trinajstić information content (AvgIpc) is 3.13. The maximum atomic E-state index is 12.5. The first-order chi connectivity index (χ1) is 13.8. The SMILES string of the molecule is Cc1ccc(NS(=O)(=O)c2ccc(C(=O)OCC(=O)N3CCCC3=O)cc2)cc1. The van der Waals surface area contributed by atoms with E-state index in [1.807, 2.05) is 6.92 Å². The number of hydrogen-bond acceptors (Lipinski definition) is 6. The van der Waals surface area contributed by atoms with Crippen LogP contribution in [0.2, 0.25) is 0 Å². The third-order valence-corrected chi connectivity index (χ3v) is 5.80. The molecular formula is C20H20N2O6S. The molecule has 0 radical (unpaired) electrons. The molecule has 152 valence electrons. The van der Waals surface area contributed by atoms with Gasteiger partial charge in [-0.3, -0.25) is 19.2 Å². The quantitative estimate of drug-likeness (QED) is 0.722. The number of imide groups is 1. The van der Waals surface area contributed by atoms with Crippen molar-refractivity contribution >= 4 is 33.5 Å². The Morgan fingerprint density at radius 1 is 1.07 bits per heavy atom. The Labute approximate surface area is 168 Å². The minimum absolute atomic E-state index is 0.0200. The molecule has 8 nitrogen and oxygen atoms in total. The number of esters is 1. The second-order valence-corrected chi connectivity index (χ2v) is 8.30. The van der Waals surface area contributed by atoms with Gasteiger partial charge in [-0.25, -0.2) is 13.2 Å². The Morgan fingerprint density at radius 3 is 2.31 bits per heavy atom. The number of sulfonamides is 1. The van der Waals surface area contributed by atoms with Crippen LogP contribution in [0.4, 0.5) is 5.69 Å². The highest BCUT2D eigenvalue weighted by molar-refractivity contribution is 7.92. The van der Waals surface area contributed by atoms with E-state index in [4.69, 9.17) is 4.74 Å². The average molecular weight is 416 g/mol. The van der Waals surface area contributed by atoms with E-state index in [9.17, 15) is 22.8 Å². The molecule has 1 aliphatic heterocycles. The minimum atomic E-state index is -3.81. The van der Waals surface area contributed by atoms with E-state index in [0.29, 0.717) is 25.1 Å². The fourth-order valence-electron chi connectivity index (χ4n) is 2.81. The highest BCUT2D eigenvalue weighted by Crippen LogP contribution is 2.18. The molecule has 2 aromatic rings. The van der Waals surface area contributed by atoms with Gasteiger partial charge >= 0.3 is 5.97 Å². The Morgan fingerprint density at radius 2 is 1.72 bits per heavy atom. The van der Waals surface area contributed by atoms with Crippen molar-refractivity contribution in [1.82, 2.24) is 4.90 Å². The van der Waals surface area contributed by atoms with Gasteiger partial charge in [-0.2, -0.15) is 0 Å². The predicted octanol–water partition coefficient (Wildman–Crippen LogP) is 2.10. The summed E-state index contributed by atoms with van der Waals surface area (Å²) in [6.45, 7) is 1.68. The number of amides is 2. The smallest absolute Gasteiger partial charge is 0.338 e. The summed E-state index contributed by atoms with van der Waals surface area (Å²) in [5.74, 6) is -1.62. The molecule has 0 spiro atoms. The van der Waals surface area contributed by atoms with Gasteiger partial charge in [-0.05, 0) is 49.7 Å². The summed E-state index contributed by atoms with van der Waals surface area (Å²) in [7, 11) is -3.81. The van der Waals surface area contributed by atoms with E-state index in [1.54, 1.807) is 24.3 Å². The summed E-state index contributed by atoms with van der Waals surface area (Å²) in [6, 6.07) is 12.0. The van der Waals surface area contributed by atoms with Crippen LogP contribution >= 0.6 is 0 Å². The van der Waals surface area contributed by atoms with Crippen LogP contribution in [0.25, 0.3) is 0 Å². The van der Waals surface area contributed by atoms with E-state index in [0.717, 1.165) is 10.5 Å². The number of hydrogen-bond donors (Lipinski definition) is 1. The largest absolute Gasteiger partial charge is 0.452 e. The first kappa shape index (κ1) is 20.5. The van der Waals surface area contributed by atoms with E-state index >= 15 is 0 Å². The highest BCUT2D eigenvalue weighted by Gasteiger charge is 2.27. The Kier molecular flexibility index (Phi) is 5.97. The summed E-state index contributed by atoms with van der Waals surface area (Å²) in [6.07, 6.45) is 0.914. The number of ether oxygens (including phenoxy) is 1. The molecule has 0 aromatic heterocycles. The molecule has 1 heterocycles. The maximum Gasteiger partial charge on any atom is 0.338 e. The van der Waals surface area contributed by atoms with Crippen LogP contribution < -0.4 is 4.72 Å². The number of carbonyl (C=O) groups excluding carboxylic acids is 3. The number of carbonyl (C=O) groups is 3. The molecule has 1 fully saturated rings. The van der Waals surface area contributed by atoms with Gasteiger partial charge < -0.3 is 4.74 Å². The Balaban J connectivity index is 1.61. The zero-order chi connectivity index (χ0) is 21.0.